The molecule has 2 aromatic rings. The summed E-state index contributed by atoms with van der Waals surface area (Å²) in [4.78, 5) is 25.7. The minimum Gasteiger partial charge on any atom is -0.496 e. The van der Waals surface area contributed by atoms with Crippen molar-refractivity contribution in [3.63, 3.8) is 0 Å². The number of ether oxygens (including phenoxy) is 1. The van der Waals surface area contributed by atoms with Gasteiger partial charge in [-0.15, -0.1) is 0 Å². The van der Waals surface area contributed by atoms with Crippen LogP contribution in [0.5, 0.6) is 5.75 Å². The number of para-hydroxylation sites is 1. The van der Waals surface area contributed by atoms with E-state index in [0.717, 1.165) is 11.1 Å². The maximum absolute atomic E-state index is 12.1. The second-order valence-electron chi connectivity index (χ2n) is 5.50. The molecule has 0 aliphatic rings. The number of amides is 2. The molecule has 0 aliphatic heterocycles. The molecule has 0 saturated heterocycles. The Morgan fingerprint density at radius 3 is 2.42 bits per heavy atom. The van der Waals surface area contributed by atoms with Crippen LogP contribution in [-0.2, 0) is 22.7 Å². The lowest BCUT2D eigenvalue weighted by molar-refractivity contribution is -0.135. The lowest BCUT2D eigenvalue weighted by Crippen LogP contribution is -2.32. The number of nitrogens with one attached hydrogen (secondary N) is 1. The summed E-state index contributed by atoms with van der Waals surface area (Å²) < 4.78 is 5.24. The molecule has 5 heteroatoms. The van der Waals surface area contributed by atoms with Gasteiger partial charge in [0.25, 0.3) is 0 Å². The molecule has 2 rings (SSSR count). The topological polar surface area (TPSA) is 58.6 Å². The Morgan fingerprint density at radius 1 is 1.04 bits per heavy atom. The summed E-state index contributed by atoms with van der Waals surface area (Å²) in [6.45, 7) is 0.817. The van der Waals surface area contributed by atoms with E-state index in [1.807, 2.05) is 54.6 Å². The highest BCUT2D eigenvalue weighted by molar-refractivity contribution is 5.96. The second kappa shape index (κ2) is 8.72. The van der Waals surface area contributed by atoms with Crippen molar-refractivity contribution in [3.05, 3.63) is 65.7 Å². The van der Waals surface area contributed by atoms with Gasteiger partial charge in [0.15, 0.2) is 0 Å². The van der Waals surface area contributed by atoms with Crippen LogP contribution in [-0.4, -0.2) is 30.9 Å². The zero-order chi connectivity index (χ0) is 17.4. The molecule has 0 heterocycles. The molecular weight excluding hydrogens is 304 g/mol. The molecule has 0 fully saturated rings. The molecule has 5 nitrogen and oxygen atoms in total. The Hall–Kier alpha value is -2.82. The van der Waals surface area contributed by atoms with Crippen molar-refractivity contribution >= 4 is 11.8 Å². The molecule has 0 aromatic heterocycles. The number of hydrogen-bond donors (Lipinski definition) is 1. The minimum absolute atomic E-state index is 0.168. The molecule has 2 aromatic carbocycles. The first kappa shape index (κ1) is 17.5. The van der Waals surface area contributed by atoms with Crippen LogP contribution in [0.3, 0.4) is 0 Å². The summed E-state index contributed by atoms with van der Waals surface area (Å²) in [7, 11) is 3.28. The smallest absolute Gasteiger partial charge is 0.232 e. The fourth-order valence-corrected chi connectivity index (χ4v) is 2.32. The zero-order valence-corrected chi connectivity index (χ0v) is 14.0. The van der Waals surface area contributed by atoms with Gasteiger partial charge in [0.2, 0.25) is 11.8 Å². The van der Waals surface area contributed by atoms with Crippen LogP contribution in [0.2, 0.25) is 0 Å². The third-order valence-corrected chi connectivity index (χ3v) is 3.67. The number of carbonyl (C=O) groups is 2. The Morgan fingerprint density at radius 2 is 1.71 bits per heavy atom. The summed E-state index contributed by atoms with van der Waals surface area (Å²) in [6.07, 6.45) is -0.168. The fraction of sp³-hybridized carbons (Fsp3) is 0.263. The quantitative estimate of drug-likeness (QED) is 0.795. The van der Waals surface area contributed by atoms with E-state index < -0.39 is 0 Å². The lowest BCUT2D eigenvalue weighted by Gasteiger charge is -2.17. The van der Waals surface area contributed by atoms with Crippen LogP contribution in [0, 0.1) is 0 Å². The number of benzene rings is 2. The second-order valence-corrected chi connectivity index (χ2v) is 5.50. The van der Waals surface area contributed by atoms with Crippen molar-refractivity contribution in [3.8, 4) is 5.75 Å². The van der Waals surface area contributed by atoms with Gasteiger partial charge in [0.05, 0.1) is 7.11 Å². The maximum Gasteiger partial charge on any atom is 0.232 e. The monoisotopic (exact) mass is 326 g/mol. The Kier molecular flexibility index (Phi) is 6.37. The number of methoxy groups -OCH3 is 1. The normalized spacial score (nSPS) is 10.1. The van der Waals surface area contributed by atoms with Crippen molar-refractivity contribution < 1.29 is 14.3 Å². The van der Waals surface area contributed by atoms with Gasteiger partial charge in [0, 0.05) is 25.7 Å². The van der Waals surface area contributed by atoms with E-state index in [-0.39, 0.29) is 18.2 Å². The van der Waals surface area contributed by atoms with Crippen molar-refractivity contribution in [1.82, 2.24) is 10.2 Å². The van der Waals surface area contributed by atoms with Crippen LogP contribution < -0.4 is 10.1 Å². The van der Waals surface area contributed by atoms with E-state index in [0.29, 0.717) is 18.8 Å². The summed E-state index contributed by atoms with van der Waals surface area (Å²) in [5, 5.41) is 2.76. The predicted octanol–water partition coefficient (Wildman–Crippen LogP) is 2.36. The first-order valence-electron chi connectivity index (χ1n) is 7.76. The highest BCUT2D eigenvalue weighted by atomic mass is 16.5. The molecule has 0 radical (unpaired) electrons. The van der Waals surface area contributed by atoms with Gasteiger partial charge in [0.1, 0.15) is 12.2 Å². The van der Waals surface area contributed by atoms with Gasteiger partial charge in [-0.25, -0.2) is 0 Å². The van der Waals surface area contributed by atoms with Crippen LogP contribution in [0.25, 0.3) is 0 Å². The fourth-order valence-electron chi connectivity index (χ4n) is 2.32. The number of rotatable bonds is 7. The SMILES string of the molecule is COc1ccccc1CNC(=O)CC(=O)N(C)Cc1ccccc1. The zero-order valence-electron chi connectivity index (χ0n) is 14.0. The summed E-state index contributed by atoms with van der Waals surface area (Å²) in [5.74, 6) is 0.201. The average Bonchev–Trinajstić information content (AvgIpc) is 2.61. The molecule has 0 aliphatic carbocycles. The molecule has 0 saturated carbocycles. The van der Waals surface area contributed by atoms with Crippen molar-refractivity contribution in [2.45, 2.75) is 19.5 Å². The first-order chi connectivity index (χ1) is 11.6. The Bertz CT molecular complexity index is 686. The average molecular weight is 326 g/mol. The van der Waals surface area contributed by atoms with Gasteiger partial charge in [-0.2, -0.15) is 0 Å². The van der Waals surface area contributed by atoms with E-state index in [9.17, 15) is 9.59 Å². The van der Waals surface area contributed by atoms with Crippen LogP contribution in [0.1, 0.15) is 17.5 Å². The number of nitrogens with zero attached hydrogens (tertiary/aromatic N) is 1. The maximum atomic E-state index is 12.1. The summed E-state index contributed by atoms with van der Waals surface area (Å²) >= 11 is 0. The predicted molar refractivity (Wildman–Crippen MR) is 92.4 cm³/mol. The lowest BCUT2D eigenvalue weighted by atomic mass is 10.2. The van der Waals surface area contributed by atoms with E-state index in [4.69, 9.17) is 4.74 Å². The molecule has 0 spiro atoms. The molecule has 1 N–H and O–H groups in total. The van der Waals surface area contributed by atoms with Crippen LogP contribution in [0.4, 0.5) is 0 Å². The van der Waals surface area contributed by atoms with Gasteiger partial charge in [-0.3, -0.25) is 9.59 Å². The standard InChI is InChI=1S/C19H22N2O3/c1-21(14-15-8-4-3-5-9-15)19(23)12-18(22)20-13-16-10-6-7-11-17(16)24-2/h3-11H,12-14H2,1-2H3,(H,20,22). The molecule has 0 unspecified atom stereocenters. The van der Waals surface area contributed by atoms with Gasteiger partial charge in [-0.05, 0) is 11.6 Å². The molecule has 0 bridgehead atoms. The Labute approximate surface area is 142 Å². The highest BCUT2D eigenvalue weighted by Crippen LogP contribution is 2.16. The van der Waals surface area contributed by atoms with E-state index in [1.165, 1.54) is 0 Å². The summed E-state index contributed by atoms with van der Waals surface area (Å²) in [5.41, 5.74) is 1.90. The van der Waals surface area contributed by atoms with E-state index in [2.05, 4.69) is 5.32 Å². The first-order valence-corrected chi connectivity index (χ1v) is 7.76. The van der Waals surface area contributed by atoms with Crippen molar-refractivity contribution in [2.24, 2.45) is 0 Å². The number of carbonyl (C=O) groups excluding carboxylic acids is 2. The Balaban J connectivity index is 1.82. The third kappa shape index (κ3) is 5.12. The third-order valence-electron chi connectivity index (χ3n) is 3.67. The van der Waals surface area contributed by atoms with Crippen molar-refractivity contribution in [1.29, 1.82) is 0 Å². The molecule has 2 amide bonds. The van der Waals surface area contributed by atoms with Crippen molar-refractivity contribution in [2.75, 3.05) is 14.2 Å². The molecule has 0 atom stereocenters. The van der Waals surface area contributed by atoms with E-state index in [1.54, 1.807) is 19.1 Å². The van der Waals surface area contributed by atoms with Gasteiger partial charge >= 0.3 is 0 Å². The largest absolute Gasteiger partial charge is 0.496 e. The van der Waals surface area contributed by atoms with Crippen LogP contribution in [0.15, 0.2) is 54.6 Å². The number of hydrogen-bond acceptors (Lipinski definition) is 3. The van der Waals surface area contributed by atoms with Gasteiger partial charge < -0.3 is 15.0 Å². The van der Waals surface area contributed by atoms with Crippen LogP contribution >= 0.6 is 0 Å². The van der Waals surface area contributed by atoms with Gasteiger partial charge in [-0.1, -0.05) is 48.5 Å². The molecule has 126 valence electrons. The molecule has 24 heavy (non-hydrogen) atoms. The highest BCUT2D eigenvalue weighted by Gasteiger charge is 2.14. The summed E-state index contributed by atoms with van der Waals surface area (Å²) in [6, 6.07) is 17.1. The molecular formula is C19H22N2O3. The minimum atomic E-state index is -0.300. The van der Waals surface area contributed by atoms with E-state index >= 15 is 0 Å².